The molecule has 0 N–H and O–H groups in total. The summed E-state index contributed by atoms with van der Waals surface area (Å²) in [5.74, 6) is 0.664. The van der Waals surface area contributed by atoms with E-state index in [1.807, 2.05) is 24.3 Å². The summed E-state index contributed by atoms with van der Waals surface area (Å²) in [5.41, 5.74) is 3.20. The van der Waals surface area contributed by atoms with E-state index in [-0.39, 0.29) is 17.0 Å². The maximum Gasteiger partial charge on any atom is 0.273 e. The maximum absolute atomic E-state index is 11.1. The van der Waals surface area contributed by atoms with Crippen LogP contribution in [0, 0.1) is 17.0 Å². The Balaban J connectivity index is 1.96. The monoisotopic (exact) mass is 337 g/mol. The lowest BCUT2D eigenvalue weighted by atomic mass is 9.87. The van der Waals surface area contributed by atoms with Crippen LogP contribution < -0.4 is 0 Å². The molecule has 0 aliphatic carbocycles. The Bertz CT molecular complexity index is 922. The largest absolute Gasteiger partial charge is 0.416 e. The van der Waals surface area contributed by atoms with Gasteiger partial charge in [-0.05, 0) is 36.1 Å². The Morgan fingerprint density at radius 2 is 1.64 bits per heavy atom. The van der Waals surface area contributed by atoms with E-state index in [1.165, 1.54) is 11.6 Å². The van der Waals surface area contributed by atoms with Gasteiger partial charge in [-0.2, -0.15) is 0 Å². The minimum atomic E-state index is -0.415. The van der Waals surface area contributed by atoms with Gasteiger partial charge in [0.2, 0.25) is 11.8 Å². The third-order valence-electron chi connectivity index (χ3n) is 4.16. The molecule has 25 heavy (non-hydrogen) atoms. The smallest absolute Gasteiger partial charge is 0.273 e. The van der Waals surface area contributed by atoms with Crippen LogP contribution in [0.15, 0.2) is 46.9 Å². The van der Waals surface area contributed by atoms with Gasteiger partial charge in [0.05, 0.1) is 4.92 Å². The Morgan fingerprint density at radius 3 is 2.24 bits per heavy atom. The van der Waals surface area contributed by atoms with Crippen LogP contribution in [0.25, 0.3) is 22.9 Å². The molecule has 0 atom stereocenters. The number of benzene rings is 2. The molecule has 0 fully saturated rings. The number of hydrogen-bond acceptors (Lipinski definition) is 5. The van der Waals surface area contributed by atoms with Crippen molar-refractivity contribution in [1.29, 1.82) is 0 Å². The molecule has 0 unspecified atom stereocenters. The van der Waals surface area contributed by atoms with Crippen molar-refractivity contribution in [2.75, 3.05) is 0 Å². The zero-order valence-corrected chi connectivity index (χ0v) is 14.6. The van der Waals surface area contributed by atoms with Crippen molar-refractivity contribution in [3.8, 4) is 22.9 Å². The summed E-state index contributed by atoms with van der Waals surface area (Å²) in [6.07, 6.45) is 0. The standard InChI is InChI=1S/C19H19N3O3/c1-12-15(6-5-7-16(12)22(23)24)18-21-20-17(25-18)13-8-10-14(11-9-13)19(2,3)4/h5-11H,1-4H3. The predicted molar refractivity (Wildman–Crippen MR) is 95.3 cm³/mol. The molecule has 1 aromatic heterocycles. The van der Waals surface area contributed by atoms with Crippen molar-refractivity contribution in [1.82, 2.24) is 10.2 Å². The van der Waals surface area contributed by atoms with Gasteiger partial charge < -0.3 is 4.42 Å². The predicted octanol–water partition coefficient (Wildman–Crippen LogP) is 4.92. The van der Waals surface area contributed by atoms with Crippen LogP contribution in [-0.2, 0) is 5.41 Å². The van der Waals surface area contributed by atoms with Gasteiger partial charge in [-0.25, -0.2) is 0 Å². The lowest BCUT2D eigenvalue weighted by molar-refractivity contribution is -0.385. The number of nitrogens with zero attached hydrogens (tertiary/aromatic N) is 3. The van der Waals surface area contributed by atoms with Crippen molar-refractivity contribution in [2.45, 2.75) is 33.1 Å². The second kappa shape index (κ2) is 6.12. The highest BCUT2D eigenvalue weighted by atomic mass is 16.6. The van der Waals surface area contributed by atoms with E-state index in [2.05, 4.69) is 31.0 Å². The minimum absolute atomic E-state index is 0.0341. The Kier molecular flexibility index (Phi) is 4.12. The van der Waals surface area contributed by atoms with Crippen LogP contribution in [0.3, 0.4) is 0 Å². The summed E-state index contributed by atoms with van der Waals surface area (Å²) < 4.78 is 5.75. The van der Waals surface area contributed by atoms with E-state index < -0.39 is 4.92 Å². The van der Waals surface area contributed by atoms with Gasteiger partial charge in [0.1, 0.15) is 0 Å². The summed E-state index contributed by atoms with van der Waals surface area (Å²) in [6.45, 7) is 8.13. The molecule has 0 bridgehead atoms. The van der Waals surface area contributed by atoms with E-state index in [4.69, 9.17) is 4.42 Å². The summed E-state index contributed by atoms with van der Waals surface area (Å²) in [4.78, 5) is 10.7. The summed E-state index contributed by atoms with van der Waals surface area (Å²) in [6, 6.07) is 12.8. The molecule has 6 nitrogen and oxygen atoms in total. The number of nitro benzene ring substituents is 1. The average molecular weight is 337 g/mol. The lowest BCUT2D eigenvalue weighted by Gasteiger charge is -2.18. The van der Waals surface area contributed by atoms with Crippen LogP contribution >= 0.6 is 0 Å². The fourth-order valence-corrected chi connectivity index (χ4v) is 2.61. The molecular formula is C19H19N3O3. The molecule has 2 aromatic carbocycles. The molecule has 0 saturated carbocycles. The molecule has 0 aliphatic heterocycles. The molecule has 3 rings (SSSR count). The fourth-order valence-electron chi connectivity index (χ4n) is 2.61. The van der Waals surface area contributed by atoms with Crippen molar-refractivity contribution < 1.29 is 9.34 Å². The quantitative estimate of drug-likeness (QED) is 0.500. The van der Waals surface area contributed by atoms with Gasteiger partial charge in [0.25, 0.3) is 5.69 Å². The normalized spacial score (nSPS) is 11.5. The average Bonchev–Trinajstić information content (AvgIpc) is 3.04. The second-order valence-corrected chi connectivity index (χ2v) is 6.95. The maximum atomic E-state index is 11.1. The first-order chi connectivity index (χ1) is 11.8. The third-order valence-corrected chi connectivity index (χ3v) is 4.16. The first kappa shape index (κ1) is 16.8. The first-order valence-electron chi connectivity index (χ1n) is 7.96. The van der Waals surface area contributed by atoms with Gasteiger partial charge >= 0.3 is 0 Å². The molecule has 0 amide bonds. The lowest BCUT2D eigenvalue weighted by Crippen LogP contribution is -2.10. The number of rotatable bonds is 3. The zero-order valence-electron chi connectivity index (χ0n) is 14.6. The highest BCUT2D eigenvalue weighted by Crippen LogP contribution is 2.31. The first-order valence-corrected chi connectivity index (χ1v) is 7.96. The Labute approximate surface area is 145 Å². The van der Waals surface area contributed by atoms with Crippen LogP contribution in [0.4, 0.5) is 5.69 Å². The van der Waals surface area contributed by atoms with Crippen LogP contribution in [-0.4, -0.2) is 15.1 Å². The summed E-state index contributed by atoms with van der Waals surface area (Å²) in [5, 5.41) is 19.2. The molecular weight excluding hydrogens is 318 g/mol. The van der Waals surface area contributed by atoms with Crippen molar-refractivity contribution in [3.05, 3.63) is 63.7 Å². The zero-order chi connectivity index (χ0) is 18.2. The summed E-state index contributed by atoms with van der Waals surface area (Å²) >= 11 is 0. The summed E-state index contributed by atoms with van der Waals surface area (Å²) in [7, 11) is 0. The van der Waals surface area contributed by atoms with Crippen molar-refractivity contribution in [2.24, 2.45) is 0 Å². The number of aromatic nitrogens is 2. The van der Waals surface area contributed by atoms with E-state index in [0.29, 0.717) is 17.0 Å². The van der Waals surface area contributed by atoms with E-state index in [9.17, 15) is 10.1 Å². The third kappa shape index (κ3) is 3.28. The highest BCUT2D eigenvalue weighted by molar-refractivity contribution is 5.65. The molecule has 128 valence electrons. The van der Waals surface area contributed by atoms with Crippen LogP contribution in [0.2, 0.25) is 0 Å². The van der Waals surface area contributed by atoms with E-state index >= 15 is 0 Å². The molecule has 6 heteroatoms. The molecule has 0 spiro atoms. The molecule has 0 aliphatic rings. The van der Waals surface area contributed by atoms with E-state index in [0.717, 1.165) is 5.56 Å². The molecule has 3 aromatic rings. The molecule has 0 radical (unpaired) electrons. The number of hydrogen-bond donors (Lipinski definition) is 0. The number of nitro groups is 1. The van der Waals surface area contributed by atoms with Gasteiger partial charge in [-0.3, -0.25) is 10.1 Å². The van der Waals surface area contributed by atoms with Gasteiger partial charge in [-0.1, -0.05) is 39.0 Å². The minimum Gasteiger partial charge on any atom is -0.416 e. The van der Waals surface area contributed by atoms with Crippen molar-refractivity contribution in [3.63, 3.8) is 0 Å². The molecule has 0 saturated heterocycles. The SMILES string of the molecule is Cc1c(-c2nnc(-c3ccc(C(C)(C)C)cc3)o2)cccc1[N+](=O)[O-]. The van der Waals surface area contributed by atoms with Gasteiger partial charge in [0.15, 0.2) is 0 Å². The van der Waals surface area contributed by atoms with E-state index in [1.54, 1.807) is 19.1 Å². The van der Waals surface area contributed by atoms with Crippen LogP contribution in [0.5, 0.6) is 0 Å². The fraction of sp³-hybridized carbons (Fsp3) is 0.263. The van der Waals surface area contributed by atoms with Crippen LogP contribution in [0.1, 0.15) is 31.9 Å². The van der Waals surface area contributed by atoms with Crippen molar-refractivity contribution >= 4 is 5.69 Å². The van der Waals surface area contributed by atoms with Gasteiger partial charge in [-0.15, -0.1) is 10.2 Å². The second-order valence-electron chi connectivity index (χ2n) is 6.95. The Morgan fingerprint density at radius 1 is 1.00 bits per heavy atom. The topological polar surface area (TPSA) is 82.1 Å². The Hall–Kier alpha value is -3.02. The molecule has 1 heterocycles. The highest BCUT2D eigenvalue weighted by Gasteiger charge is 2.19. The van der Waals surface area contributed by atoms with Gasteiger partial charge in [0, 0.05) is 22.8 Å².